The Morgan fingerprint density at radius 2 is 1.95 bits per heavy atom. The van der Waals surface area contributed by atoms with Crippen molar-refractivity contribution in [1.29, 1.82) is 0 Å². The fourth-order valence-corrected chi connectivity index (χ4v) is 4.80. The van der Waals surface area contributed by atoms with Gasteiger partial charge in [0.15, 0.2) is 9.84 Å². The molecule has 0 unspecified atom stereocenters. The Labute approximate surface area is 114 Å². The molecule has 0 N–H and O–H groups in total. The third-order valence-corrected chi connectivity index (χ3v) is 5.76. The lowest BCUT2D eigenvalue weighted by Crippen LogP contribution is -2.24. The van der Waals surface area contributed by atoms with E-state index in [2.05, 4.69) is 4.74 Å². The predicted octanol–water partition coefficient (Wildman–Crippen LogP) is 2.00. The monoisotopic (exact) mass is 320 g/mol. The summed E-state index contributed by atoms with van der Waals surface area (Å²) in [5, 5.41) is 0. The highest BCUT2D eigenvalue weighted by Crippen LogP contribution is 2.50. The number of halogens is 3. The smallest absolute Gasteiger partial charge is 0.441 e. The normalized spacial score (nSPS) is 18.1. The van der Waals surface area contributed by atoms with E-state index in [1.165, 1.54) is 7.11 Å². The van der Waals surface area contributed by atoms with Gasteiger partial charge in [0.25, 0.3) is 0 Å². The number of rotatable bonds is 7. The number of hydrogen-bond acceptors (Lipinski definition) is 5. The van der Waals surface area contributed by atoms with E-state index in [1.54, 1.807) is 0 Å². The third kappa shape index (κ3) is 6.51. The van der Waals surface area contributed by atoms with Crippen molar-refractivity contribution in [2.45, 2.75) is 24.8 Å². The summed E-state index contributed by atoms with van der Waals surface area (Å²) in [6.07, 6.45) is 1.19. The SMILES string of the molecule is COC(=O)CC1(CS(=O)(=O)CCSC(F)(F)F)CC1. The van der Waals surface area contributed by atoms with E-state index < -0.39 is 38.2 Å². The maximum Gasteiger partial charge on any atom is 0.441 e. The molecule has 112 valence electrons. The molecule has 0 aromatic heterocycles. The van der Waals surface area contributed by atoms with Crippen LogP contribution in [-0.2, 0) is 19.4 Å². The number of hydrogen-bond donors (Lipinski definition) is 0. The lowest BCUT2D eigenvalue weighted by atomic mass is 10.1. The Bertz CT molecular complexity index is 427. The zero-order valence-electron chi connectivity index (χ0n) is 10.3. The first-order valence-corrected chi connectivity index (χ1v) is 8.36. The van der Waals surface area contributed by atoms with Crippen molar-refractivity contribution in [3.8, 4) is 0 Å². The van der Waals surface area contributed by atoms with Gasteiger partial charge in [-0.3, -0.25) is 4.79 Å². The van der Waals surface area contributed by atoms with Crippen LogP contribution in [0.15, 0.2) is 0 Å². The van der Waals surface area contributed by atoms with Crippen LogP contribution in [0, 0.1) is 5.41 Å². The number of sulfone groups is 1. The number of carbonyl (C=O) groups is 1. The molecule has 0 heterocycles. The molecule has 4 nitrogen and oxygen atoms in total. The van der Waals surface area contributed by atoms with E-state index in [0.717, 1.165) is 0 Å². The minimum atomic E-state index is -4.42. The quantitative estimate of drug-likeness (QED) is 0.672. The van der Waals surface area contributed by atoms with Crippen LogP contribution in [0.1, 0.15) is 19.3 Å². The molecule has 0 aliphatic heterocycles. The Morgan fingerprint density at radius 1 is 1.37 bits per heavy atom. The number of carbonyl (C=O) groups excluding carboxylic acids is 1. The van der Waals surface area contributed by atoms with Crippen molar-refractivity contribution in [1.82, 2.24) is 0 Å². The van der Waals surface area contributed by atoms with Gasteiger partial charge in [-0.05, 0) is 30.0 Å². The molecule has 1 rings (SSSR count). The van der Waals surface area contributed by atoms with E-state index in [-0.39, 0.29) is 23.9 Å². The van der Waals surface area contributed by atoms with E-state index in [4.69, 9.17) is 0 Å². The van der Waals surface area contributed by atoms with Crippen molar-refractivity contribution in [3.63, 3.8) is 0 Å². The molecule has 0 radical (unpaired) electrons. The molecule has 0 aromatic carbocycles. The molecule has 1 aliphatic carbocycles. The molecule has 0 aromatic rings. The Morgan fingerprint density at radius 3 is 2.37 bits per heavy atom. The summed E-state index contributed by atoms with van der Waals surface area (Å²) in [7, 11) is -2.37. The second-order valence-electron chi connectivity index (χ2n) is 4.64. The molecule has 0 bridgehead atoms. The second-order valence-corrected chi connectivity index (χ2v) is 7.98. The molecule has 0 saturated heterocycles. The number of ether oxygens (including phenoxy) is 1. The standard InChI is InChI=1S/C10H15F3O4S2/c1-17-8(14)6-9(2-3-9)7-19(15,16)5-4-18-10(11,12)13/h2-7H2,1H3. The summed E-state index contributed by atoms with van der Waals surface area (Å²) >= 11 is -0.346. The van der Waals surface area contributed by atoms with E-state index in [1.807, 2.05) is 0 Å². The summed E-state index contributed by atoms with van der Waals surface area (Å²) in [5.74, 6) is -1.77. The molecule has 0 amide bonds. The van der Waals surface area contributed by atoms with Crippen LogP contribution in [0.3, 0.4) is 0 Å². The maximum absolute atomic E-state index is 11.9. The first-order chi connectivity index (χ1) is 8.58. The Balaban J connectivity index is 2.44. The highest BCUT2D eigenvalue weighted by atomic mass is 32.2. The van der Waals surface area contributed by atoms with Crippen molar-refractivity contribution in [2.24, 2.45) is 5.41 Å². The summed E-state index contributed by atoms with van der Waals surface area (Å²) < 4.78 is 63.6. The third-order valence-electron chi connectivity index (χ3n) is 2.89. The molecule has 0 spiro atoms. The zero-order chi connectivity index (χ0) is 14.7. The van der Waals surface area contributed by atoms with Crippen LogP contribution in [0.2, 0.25) is 0 Å². The van der Waals surface area contributed by atoms with Gasteiger partial charge in [-0.25, -0.2) is 8.42 Å². The topological polar surface area (TPSA) is 60.4 Å². The molecular weight excluding hydrogens is 305 g/mol. The molecule has 1 fully saturated rings. The number of methoxy groups -OCH3 is 1. The lowest BCUT2D eigenvalue weighted by molar-refractivity contribution is -0.141. The minimum absolute atomic E-state index is 0.00907. The first kappa shape index (κ1) is 16.6. The van der Waals surface area contributed by atoms with Crippen LogP contribution in [0.25, 0.3) is 0 Å². The number of esters is 1. The fourth-order valence-electron chi connectivity index (χ4n) is 1.75. The van der Waals surface area contributed by atoms with Crippen LogP contribution < -0.4 is 0 Å². The average Bonchev–Trinajstić information content (AvgIpc) is 2.93. The van der Waals surface area contributed by atoms with E-state index in [0.29, 0.717) is 12.8 Å². The van der Waals surface area contributed by atoms with Gasteiger partial charge in [0.2, 0.25) is 0 Å². The Kier molecular flexibility index (Phi) is 5.16. The van der Waals surface area contributed by atoms with E-state index in [9.17, 15) is 26.4 Å². The van der Waals surface area contributed by atoms with Crippen molar-refractivity contribution < 1.29 is 31.1 Å². The van der Waals surface area contributed by atoms with Crippen LogP contribution in [-0.4, -0.2) is 44.3 Å². The van der Waals surface area contributed by atoms with Crippen LogP contribution >= 0.6 is 11.8 Å². The van der Waals surface area contributed by atoms with Gasteiger partial charge in [0.1, 0.15) is 0 Å². The van der Waals surface area contributed by atoms with Gasteiger partial charge >= 0.3 is 11.5 Å². The second kappa shape index (κ2) is 5.90. The molecule has 1 saturated carbocycles. The maximum atomic E-state index is 11.9. The number of thioether (sulfide) groups is 1. The van der Waals surface area contributed by atoms with Gasteiger partial charge in [0.05, 0.1) is 25.0 Å². The summed E-state index contributed by atoms with van der Waals surface area (Å²) in [6.45, 7) is 0. The van der Waals surface area contributed by atoms with Gasteiger partial charge in [-0.15, -0.1) is 0 Å². The minimum Gasteiger partial charge on any atom is -0.469 e. The van der Waals surface area contributed by atoms with Gasteiger partial charge < -0.3 is 4.74 Å². The lowest BCUT2D eigenvalue weighted by Gasteiger charge is -2.14. The van der Waals surface area contributed by atoms with Crippen molar-refractivity contribution in [3.05, 3.63) is 0 Å². The predicted molar refractivity (Wildman–Crippen MR) is 65.5 cm³/mol. The Hall–Kier alpha value is -0.440. The van der Waals surface area contributed by atoms with Gasteiger partial charge in [-0.1, -0.05) is 0 Å². The largest absolute Gasteiger partial charge is 0.469 e. The van der Waals surface area contributed by atoms with Crippen LogP contribution in [0.4, 0.5) is 13.2 Å². The van der Waals surface area contributed by atoms with Crippen molar-refractivity contribution >= 4 is 27.6 Å². The van der Waals surface area contributed by atoms with E-state index >= 15 is 0 Å². The summed E-state index contributed by atoms with van der Waals surface area (Å²) in [5.41, 5.74) is -5.03. The molecule has 0 atom stereocenters. The van der Waals surface area contributed by atoms with Crippen LogP contribution in [0.5, 0.6) is 0 Å². The molecule has 9 heteroatoms. The number of alkyl halides is 3. The molecular formula is C10H15F3O4S2. The van der Waals surface area contributed by atoms with Crippen molar-refractivity contribution in [2.75, 3.05) is 24.4 Å². The van der Waals surface area contributed by atoms with Gasteiger partial charge in [-0.2, -0.15) is 13.2 Å². The average molecular weight is 320 g/mol. The fraction of sp³-hybridized carbons (Fsp3) is 0.900. The first-order valence-electron chi connectivity index (χ1n) is 5.55. The summed E-state index contributed by atoms with van der Waals surface area (Å²) in [6, 6.07) is 0. The molecule has 19 heavy (non-hydrogen) atoms. The summed E-state index contributed by atoms with van der Waals surface area (Å²) in [4.78, 5) is 11.1. The van der Waals surface area contributed by atoms with Gasteiger partial charge in [0, 0.05) is 5.75 Å². The molecule has 1 aliphatic rings. The highest BCUT2D eigenvalue weighted by molar-refractivity contribution is 8.01. The highest BCUT2D eigenvalue weighted by Gasteiger charge is 2.47. The zero-order valence-corrected chi connectivity index (χ0v) is 12.0.